The van der Waals surface area contributed by atoms with Crippen LogP contribution in [-0.4, -0.2) is 28.2 Å². The molecule has 5 heteroatoms. The fraction of sp³-hybridized carbons (Fsp3) is 0.217. The zero-order valence-electron chi connectivity index (χ0n) is 15.6. The van der Waals surface area contributed by atoms with Gasteiger partial charge >= 0.3 is 0 Å². The Morgan fingerprint density at radius 3 is 2.82 bits per heavy atom. The summed E-state index contributed by atoms with van der Waals surface area (Å²) in [6.45, 7) is 4.35. The van der Waals surface area contributed by atoms with Gasteiger partial charge in [0, 0.05) is 35.8 Å². The first-order chi connectivity index (χ1) is 13.7. The van der Waals surface area contributed by atoms with Gasteiger partial charge in [0.05, 0.1) is 11.6 Å². The standard InChI is InChI=1S/C23H20FN3O/c1-2-27-13-18(22-12-15-6-3-4-8-21(15)28-22)16-9-10-17(23(24)19(16)14-27)20-7-5-11-25-26-20/h3-12,18H,2,13-14H2,1H3. The van der Waals surface area contributed by atoms with Crippen molar-refractivity contribution < 1.29 is 8.81 Å². The van der Waals surface area contributed by atoms with Crippen LogP contribution < -0.4 is 0 Å². The largest absolute Gasteiger partial charge is 0.460 e. The van der Waals surface area contributed by atoms with Crippen LogP contribution in [0.1, 0.15) is 29.7 Å². The fourth-order valence-electron chi connectivity index (χ4n) is 4.07. The SMILES string of the molecule is CCN1Cc2c(ccc(-c3cccnn3)c2F)C(c2cc3ccccc3o2)C1. The van der Waals surface area contributed by atoms with E-state index in [0.29, 0.717) is 17.8 Å². The maximum atomic E-state index is 15.5. The minimum atomic E-state index is -0.211. The summed E-state index contributed by atoms with van der Waals surface area (Å²) in [5, 5.41) is 9.05. The van der Waals surface area contributed by atoms with Gasteiger partial charge in [-0.05, 0) is 42.4 Å². The number of furan rings is 1. The van der Waals surface area contributed by atoms with Crippen LogP contribution in [0.2, 0.25) is 0 Å². The van der Waals surface area contributed by atoms with Crippen molar-refractivity contribution >= 4 is 11.0 Å². The van der Waals surface area contributed by atoms with Gasteiger partial charge < -0.3 is 4.42 Å². The molecule has 0 bridgehead atoms. The highest BCUT2D eigenvalue weighted by molar-refractivity contribution is 5.78. The Bertz CT molecular complexity index is 1110. The van der Waals surface area contributed by atoms with E-state index < -0.39 is 0 Å². The number of nitrogens with zero attached hydrogens (tertiary/aromatic N) is 3. The second-order valence-electron chi connectivity index (χ2n) is 7.17. The van der Waals surface area contributed by atoms with Crippen LogP contribution in [0.4, 0.5) is 4.39 Å². The summed E-state index contributed by atoms with van der Waals surface area (Å²) in [5.74, 6) is 0.672. The molecule has 0 saturated heterocycles. The third-order valence-electron chi connectivity index (χ3n) is 5.56. The molecule has 2 aromatic carbocycles. The zero-order valence-corrected chi connectivity index (χ0v) is 15.6. The monoisotopic (exact) mass is 373 g/mol. The molecule has 0 amide bonds. The summed E-state index contributed by atoms with van der Waals surface area (Å²) in [6, 6.07) is 17.5. The van der Waals surface area contributed by atoms with Crippen LogP contribution in [0, 0.1) is 5.82 Å². The maximum absolute atomic E-state index is 15.5. The lowest BCUT2D eigenvalue weighted by atomic mass is 9.86. The number of aromatic nitrogens is 2. The Kier molecular flexibility index (Phi) is 4.17. The summed E-state index contributed by atoms with van der Waals surface area (Å²) in [7, 11) is 0. The quantitative estimate of drug-likeness (QED) is 0.507. The number of benzene rings is 2. The van der Waals surface area contributed by atoms with Gasteiger partial charge in [-0.3, -0.25) is 4.90 Å². The Morgan fingerprint density at radius 2 is 2.04 bits per heavy atom. The van der Waals surface area contributed by atoms with Crippen molar-refractivity contribution in [1.29, 1.82) is 0 Å². The highest BCUT2D eigenvalue weighted by Crippen LogP contribution is 2.39. The minimum Gasteiger partial charge on any atom is -0.460 e. The van der Waals surface area contributed by atoms with Gasteiger partial charge in [-0.2, -0.15) is 10.2 Å². The van der Waals surface area contributed by atoms with E-state index in [9.17, 15) is 0 Å². The van der Waals surface area contributed by atoms with Crippen molar-refractivity contribution in [3.8, 4) is 11.3 Å². The predicted octanol–water partition coefficient (Wildman–Crippen LogP) is 5.00. The molecule has 0 radical (unpaired) electrons. The number of hydrogen-bond acceptors (Lipinski definition) is 4. The molecule has 3 heterocycles. The zero-order chi connectivity index (χ0) is 19.1. The third kappa shape index (κ3) is 2.79. The molecular weight excluding hydrogens is 353 g/mol. The first-order valence-corrected chi connectivity index (χ1v) is 9.54. The van der Waals surface area contributed by atoms with E-state index >= 15 is 4.39 Å². The normalized spacial score (nSPS) is 17.0. The molecule has 0 spiro atoms. The molecule has 2 aromatic heterocycles. The number of rotatable bonds is 3. The van der Waals surface area contributed by atoms with Gasteiger partial charge in [-0.15, -0.1) is 0 Å². The van der Waals surface area contributed by atoms with Crippen molar-refractivity contribution in [2.45, 2.75) is 19.4 Å². The first-order valence-electron chi connectivity index (χ1n) is 9.54. The van der Waals surface area contributed by atoms with Crippen molar-refractivity contribution in [3.05, 3.63) is 83.5 Å². The number of likely N-dealkylation sites (N-methyl/N-ethyl adjacent to an activating group) is 1. The second-order valence-corrected chi connectivity index (χ2v) is 7.17. The smallest absolute Gasteiger partial charge is 0.137 e. The molecule has 28 heavy (non-hydrogen) atoms. The van der Waals surface area contributed by atoms with E-state index in [1.165, 1.54) is 0 Å². The first kappa shape index (κ1) is 17.1. The van der Waals surface area contributed by atoms with E-state index in [1.54, 1.807) is 18.3 Å². The second kappa shape index (κ2) is 6.84. The van der Waals surface area contributed by atoms with Crippen LogP contribution in [0.25, 0.3) is 22.2 Å². The molecule has 1 atom stereocenters. The summed E-state index contributed by atoms with van der Waals surface area (Å²) >= 11 is 0. The average Bonchev–Trinajstić information content (AvgIpc) is 3.18. The lowest BCUT2D eigenvalue weighted by Gasteiger charge is -2.33. The number of fused-ring (bicyclic) bond motifs is 2. The molecule has 0 aliphatic carbocycles. The Morgan fingerprint density at radius 1 is 1.14 bits per heavy atom. The Balaban J connectivity index is 1.65. The maximum Gasteiger partial charge on any atom is 0.137 e. The van der Waals surface area contributed by atoms with Crippen LogP contribution in [-0.2, 0) is 6.54 Å². The van der Waals surface area contributed by atoms with Crippen molar-refractivity contribution in [2.75, 3.05) is 13.1 Å². The molecular formula is C23H20FN3O. The topological polar surface area (TPSA) is 42.2 Å². The average molecular weight is 373 g/mol. The van der Waals surface area contributed by atoms with E-state index in [-0.39, 0.29) is 11.7 Å². The molecule has 5 rings (SSSR count). The fourth-order valence-corrected chi connectivity index (χ4v) is 4.07. The predicted molar refractivity (Wildman–Crippen MR) is 106 cm³/mol. The van der Waals surface area contributed by atoms with E-state index in [4.69, 9.17) is 4.42 Å². The van der Waals surface area contributed by atoms with Gasteiger partial charge in [0.2, 0.25) is 0 Å². The molecule has 1 unspecified atom stereocenters. The number of para-hydroxylation sites is 1. The lowest BCUT2D eigenvalue weighted by Crippen LogP contribution is -2.34. The van der Waals surface area contributed by atoms with Gasteiger partial charge in [-0.25, -0.2) is 4.39 Å². The van der Waals surface area contributed by atoms with Crippen molar-refractivity contribution in [3.63, 3.8) is 0 Å². The molecule has 0 N–H and O–H groups in total. The summed E-state index contributed by atoms with van der Waals surface area (Å²) in [6.07, 6.45) is 1.59. The summed E-state index contributed by atoms with van der Waals surface area (Å²) < 4.78 is 21.7. The minimum absolute atomic E-state index is 0.00140. The van der Waals surface area contributed by atoms with E-state index in [2.05, 4.69) is 28.1 Å². The van der Waals surface area contributed by atoms with Crippen LogP contribution >= 0.6 is 0 Å². The lowest BCUT2D eigenvalue weighted by molar-refractivity contribution is 0.239. The molecule has 1 aliphatic heterocycles. The number of halogens is 1. The molecule has 4 nitrogen and oxygen atoms in total. The van der Waals surface area contributed by atoms with Crippen LogP contribution in [0.15, 0.2) is 65.2 Å². The molecule has 0 fully saturated rings. The molecule has 140 valence electrons. The van der Waals surface area contributed by atoms with Gasteiger partial charge in [-0.1, -0.05) is 31.2 Å². The summed E-state index contributed by atoms with van der Waals surface area (Å²) in [4.78, 5) is 2.25. The highest BCUT2D eigenvalue weighted by atomic mass is 19.1. The van der Waals surface area contributed by atoms with Gasteiger partial charge in [0.15, 0.2) is 0 Å². The van der Waals surface area contributed by atoms with E-state index in [0.717, 1.165) is 40.9 Å². The van der Waals surface area contributed by atoms with Crippen molar-refractivity contribution in [1.82, 2.24) is 15.1 Å². The van der Waals surface area contributed by atoms with Crippen LogP contribution in [0.3, 0.4) is 0 Å². The molecule has 1 aliphatic rings. The van der Waals surface area contributed by atoms with Crippen molar-refractivity contribution in [2.24, 2.45) is 0 Å². The summed E-state index contributed by atoms with van der Waals surface area (Å²) in [5.41, 5.74) is 3.63. The van der Waals surface area contributed by atoms with Gasteiger partial charge in [0.1, 0.15) is 17.2 Å². The Labute approximate surface area is 162 Å². The van der Waals surface area contributed by atoms with Crippen LogP contribution in [0.5, 0.6) is 0 Å². The van der Waals surface area contributed by atoms with Gasteiger partial charge in [0.25, 0.3) is 0 Å². The molecule has 4 aromatic rings. The third-order valence-corrected chi connectivity index (χ3v) is 5.56. The van der Waals surface area contributed by atoms with E-state index in [1.807, 2.05) is 36.4 Å². The Hall–Kier alpha value is -3.05. The molecule has 0 saturated carbocycles. The highest BCUT2D eigenvalue weighted by Gasteiger charge is 2.31. The number of hydrogen-bond donors (Lipinski definition) is 0.